The first-order valence-corrected chi connectivity index (χ1v) is 7.93. The van der Waals surface area contributed by atoms with Crippen molar-refractivity contribution in [3.63, 3.8) is 0 Å². The lowest BCUT2D eigenvalue weighted by molar-refractivity contribution is 0.200. The average Bonchev–Trinajstić information content (AvgIpc) is 2.56. The van der Waals surface area contributed by atoms with Crippen molar-refractivity contribution in [2.24, 2.45) is 5.92 Å². The van der Waals surface area contributed by atoms with Crippen LogP contribution in [0, 0.1) is 5.92 Å². The van der Waals surface area contributed by atoms with Crippen molar-refractivity contribution in [3.8, 4) is 0 Å². The van der Waals surface area contributed by atoms with Crippen molar-refractivity contribution in [2.45, 2.75) is 51.1 Å². The molecule has 3 atom stereocenters. The highest BCUT2D eigenvalue weighted by Crippen LogP contribution is 2.29. The molecule has 0 aromatic carbocycles. The second-order valence-electron chi connectivity index (χ2n) is 5.94. The van der Waals surface area contributed by atoms with Gasteiger partial charge in [0.25, 0.3) is 0 Å². The molecule has 0 aromatic heterocycles. The van der Waals surface area contributed by atoms with E-state index in [0.29, 0.717) is 0 Å². The number of nitrogens with zero attached hydrogens (tertiary/aromatic N) is 2. The van der Waals surface area contributed by atoms with Crippen LogP contribution in [0.3, 0.4) is 0 Å². The van der Waals surface area contributed by atoms with Crippen molar-refractivity contribution in [1.82, 2.24) is 9.80 Å². The molecular formula is C14H28N2S. The normalized spacial score (nSPS) is 32.6. The number of fused-ring (bicyclic) bond motifs is 2. The summed E-state index contributed by atoms with van der Waals surface area (Å²) in [5.41, 5.74) is 0. The highest BCUT2D eigenvalue weighted by Gasteiger charge is 2.34. The molecule has 2 fully saturated rings. The van der Waals surface area contributed by atoms with Crippen LogP contribution in [-0.4, -0.2) is 54.3 Å². The zero-order valence-corrected chi connectivity index (χ0v) is 12.3. The Hall–Kier alpha value is 0.270. The largest absolute Gasteiger partial charge is 0.301 e. The predicted octanol–water partition coefficient (Wildman–Crippen LogP) is 2.50. The van der Waals surface area contributed by atoms with Crippen LogP contribution in [-0.2, 0) is 0 Å². The molecule has 0 amide bonds. The summed E-state index contributed by atoms with van der Waals surface area (Å²) in [7, 11) is 2.33. The van der Waals surface area contributed by atoms with Crippen LogP contribution in [0.2, 0.25) is 0 Å². The third-order valence-electron chi connectivity index (χ3n) is 4.70. The third-order valence-corrected chi connectivity index (χ3v) is 5.22. The first-order valence-electron chi connectivity index (χ1n) is 7.29. The van der Waals surface area contributed by atoms with Crippen molar-refractivity contribution >= 4 is 12.6 Å². The van der Waals surface area contributed by atoms with Gasteiger partial charge in [-0.3, -0.25) is 4.90 Å². The lowest BCUT2D eigenvalue weighted by Crippen LogP contribution is -2.39. The van der Waals surface area contributed by atoms with Crippen LogP contribution in [0.25, 0.3) is 0 Å². The van der Waals surface area contributed by atoms with E-state index in [2.05, 4.69) is 36.4 Å². The van der Waals surface area contributed by atoms with Crippen LogP contribution in [0.15, 0.2) is 0 Å². The molecule has 0 N–H and O–H groups in total. The van der Waals surface area contributed by atoms with Gasteiger partial charge in [0.1, 0.15) is 0 Å². The SMILES string of the molecule is CCCC(CS)CN1CCC2CCC(C1)N2C. The standard InChI is InChI=1S/C14H28N2S/c1-3-4-12(11-17)9-16-8-7-13-5-6-14(10-16)15(13)2/h12-14,17H,3-11H2,1-2H3. The summed E-state index contributed by atoms with van der Waals surface area (Å²) in [5, 5.41) is 0. The van der Waals surface area contributed by atoms with Gasteiger partial charge in [-0.2, -0.15) is 12.6 Å². The molecule has 0 radical (unpaired) electrons. The molecule has 2 aliphatic heterocycles. The van der Waals surface area contributed by atoms with E-state index in [-0.39, 0.29) is 0 Å². The van der Waals surface area contributed by atoms with Crippen molar-refractivity contribution < 1.29 is 0 Å². The first kappa shape index (κ1) is 13.7. The zero-order chi connectivity index (χ0) is 12.3. The van der Waals surface area contributed by atoms with Crippen LogP contribution in [0.5, 0.6) is 0 Å². The zero-order valence-electron chi connectivity index (χ0n) is 11.4. The van der Waals surface area contributed by atoms with E-state index in [4.69, 9.17) is 0 Å². The molecule has 0 aromatic rings. The second kappa shape index (κ2) is 6.44. The molecule has 0 spiro atoms. The topological polar surface area (TPSA) is 6.48 Å². The van der Waals surface area contributed by atoms with E-state index in [9.17, 15) is 0 Å². The molecule has 2 saturated heterocycles. The fraction of sp³-hybridized carbons (Fsp3) is 1.00. The van der Waals surface area contributed by atoms with Gasteiger partial charge in [0.05, 0.1) is 0 Å². The molecule has 3 unspecified atom stereocenters. The predicted molar refractivity (Wildman–Crippen MR) is 77.9 cm³/mol. The quantitative estimate of drug-likeness (QED) is 0.755. The molecule has 2 bridgehead atoms. The van der Waals surface area contributed by atoms with E-state index < -0.39 is 0 Å². The van der Waals surface area contributed by atoms with Crippen LogP contribution < -0.4 is 0 Å². The van der Waals surface area contributed by atoms with Gasteiger partial charge in [0, 0.05) is 25.2 Å². The minimum absolute atomic E-state index is 0.797. The Morgan fingerprint density at radius 1 is 1.24 bits per heavy atom. The van der Waals surface area contributed by atoms with E-state index in [1.807, 2.05) is 0 Å². The molecule has 2 aliphatic rings. The summed E-state index contributed by atoms with van der Waals surface area (Å²) in [6.07, 6.45) is 6.85. The third kappa shape index (κ3) is 3.39. The summed E-state index contributed by atoms with van der Waals surface area (Å²) in [6.45, 7) is 6.16. The van der Waals surface area contributed by atoms with Gasteiger partial charge in [-0.15, -0.1) is 0 Å². The Morgan fingerprint density at radius 2 is 2.00 bits per heavy atom. The maximum atomic E-state index is 4.51. The number of likely N-dealkylation sites (N-methyl/N-ethyl adjacent to an activating group) is 1. The molecule has 100 valence electrons. The number of hydrogen-bond donors (Lipinski definition) is 1. The van der Waals surface area contributed by atoms with E-state index in [1.54, 1.807) is 0 Å². The van der Waals surface area contributed by atoms with Crippen LogP contribution in [0.4, 0.5) is 0 Å². The Kier molecular flexibility index (Phi) is 5.19. The van der Waals surface area contributed by atoms with Gasteiger partial charge in [-0.25, -0.2) is 0 Å². The van der Waals surface area contributed by atoms with Gasteiger partial charge >= 0.3 is 0 Å². The maximum absolute atomic E-state index is 4.51. The molecule has 17 heavy (non-hydrogen) atoms. The minimum Gasteiger partial charge on any atom is -0.301 e. The van der Waals surface area contributed by atoms with Gasteiger partial charge in [0.2, 0.25) is 0 Å². The van der Waals surface area contributed by atoms with Gasteiger partial charge in [-0.05, 0) is 50.9 Å². The van der Waals surface area contributed by atoms with Gasteiger partial charge in [-0.1, -0.05) is 13.3 Å². The Morgan fingerprint density at radius 3 is 2.71 bits per heavy atom. The number of likely N-dealkylation sites (tertiary alicyclic amines) is 1. The Labute approximate surface area is 112 Å². The summed E-state index contributed by atoms with van der Waals surface area (Å²) < 4.78 is 0. The minimum atomic E-state index is 0.797. The molecule has 2 heterocycles. The number of hydrogen-bond acceptors (Lipinski definition) is 3. The molecular weight excluding hydrogens is 228 g/mol. The fourth-order valence-corrected chi connectivity index (χ4v) is 3.86. The monoisotopic (exact) mass is 256 g/mol. The highest BCUT2D eigenvalue weighted by atomic mass is 32.1. The van der Waals surface area contributed by atoms with Crippen LogP contribution >= 0.6 is 12.6 Å². The van der Waals surface area contributed by atoms with E-state index in [0.717, 1.165) is 23.8 Å². The molecule has 3 heteroatoms. The summed E-state index contributed by atoms with van der Waals surface area (Å²) in [4.78, 5) is 5.34. The number of rotatable bonds is 5. The molecule has 2 rings (SSSR count). The van der Waals surface area contributed by atoms with E-state index >= 15 is 0 Å². The fourth-order valence-electron chi connectivity index (χ4n) is 3.56. The summed E-state index contributed by atoms with van der Waals surface area (Å²) in [5.74, 6) is 1.85. The van der Waals surface area contributed by atoms with Crippen molar-refractivity contribution in [3.05, 3.63) is 0 Å². The second-order valence-corrected chi connectivity index (χ2v) is 6.30. The average molecular weight is 256 g/mol. The molecule has 0 aliphatic carbocycles. The van der Waals surface area contributed by atoms with E-state index in [1.165, 1.54) is 51.7 Å². The maximum Gasteiger partial charge on any atom is 0.0223 e. The van der Waals surface area contributed by atoms with Crippen molar-refractivity contribution in [1.29, 1.82) is 0 Å². The molecule has 0 saturated carbocycles. The highest BCUT2D eigenvalue weighted by molar-refractivity contribution is 7.80. The first-order chi connectivity index (χ1) is 8.24. The number of thiol groups is 1. The Bertz CT molecular complexity index is 234. The Balaban J connectivity index is 1.86. The lowest BCUT2D eigenvalue weighted by Gasteiger charge is -2.28. The molecule has 2 nitrogen and oxygen atoms in total. The van der Waals surface area contributed by atoms with Crippen molar-refractivity contribution in [2.75, 3.05) is 32.4 Å². The van der Waals surface area contributed by atoms with Crippen LogP contribution in [0.1, 0.15) is 39.0 Å². The smallest absolute Gasteiger partial charge is 0.0223 e. The van der Waals surface area contributed by atoms with Gasteiger partial charge in [0.15, 0.2) is 0 Å². The van der Waals surface area contributed by atoms with Gasteiger partial charge < -0.3 is 4.90 Å². The summed E-state index contributed by atoms with van der Waals surface area (Å²) >= 11 is 4.51. The lowest BCUT2D eigenvalue weighted by atomic mass is 10.0. The summed E-state index contributed by atoms with van der Waals surface area (Å²) in [6, 6.07) is 1.69.